The molecule has 0 fully saturated rings. The van der Waals surface area contributed by atoms with Gasteiger partial charge in [0.2, 0.25) is 0 Å². The van der Waals surface area contributed by atoms with Gasteiger partial charge in [0.25, 0.3) is 0 Å². The van der Waals surface area contributed by atoms with Gasteiger partial charge in [-0.25, -0.2) is 4.79 Å². The first-order chi connectivity index (χ1) is 18.2. The molecule has 5 atom stereocenters. The van der Waals surface area contributed by atoms with E-state index in [0.717, 1.165) is 0 Å². The van der Waals surface area contributed by atoms with Gasteiger partial charge in [0.1, 0.15) is 62.4 Å². The van der Waals surface area contributed by atoms with Crippen LogP contribution in [0, 0.1) is 0 Å². The van der Waals surface area contributed by atoms with Crippen LogP contribution in [0.25, 0.3) is 0 Å². The lowest BCUT2D eigenvalue weighted by Gasteiger charge is -2.19. The van der Waals surface area contributed by atoms with Crippen LogP contribution in [-0.2, 0) is 21.0 Å². The predicted octanol–water partition coefficient (Wildman–Crippen LogP) is -4.87. The highest BCUT2D eigenvalue weighted by Gasteiger charge is 2.28. The summed E-state index contributed by atoms with van der Waals surface area (Å²) >= 11 is 0. The first-order valence-corrected chi connectivity index (χ1v) is 10.4. The fourth-order valence-corrected chi connectivity index (χ4v) is 1.23. The summed E-state index contributed by atoms with van der Waals surface area (Å²) in [5.74, 6) is -1.95. The Hall–Kier alpha value is -3.30. The van der Waals surface area contributed by atoms with Gasteiger partial charge in [0.15, 0.2) is 29.9 Å². The Labute approximate surface area is 221 Å². The topological polar surface area (TPSA) is 344 Å². The Bertz CT molecular complexity index is 790. The number of furan rings is 1. The van der Waals surface area contributed by atoms with Gasteiger partial charge in [-0.05, 0) is 19.1 Å². The molecule has 39 heavy (non-hydrogen) atoms. The van der Waals surface area contributed by atoms with Crippen molar-refractivity contribution in [2.75, 3.05) is 26.4 Å². The Morgan fingerprint density at radius 1 is 0.897 bits per heavy atom. The average molecular weight is 577 g/mol. The number of aliphatic carboxylic acids is 1. The number of hydrogen-bond donors (Lipinski definition) is 13. The maximum atomic E-state index is 10.5. The Balaban J connectivity index is -0.000000203. The summed E-state index contributed by atoms with van der Waals surface area (Å²) in [6.45, 7) is -1.64. The number of carboxylic acids is 1. The summed E-state index contributed by atoms with van der Waals surface area (Å²) in [7, 11) is 0. The fraction of sp³-hybridized carbons (Fsp3) is 0.524. The summed E-state index contributed by atoms with van der Waals surface area (Å²) in [6, 6.07) is 3.07. The van der Waals surface area contributed by atoms with Crippen LogP contribution in [0.15, 0.2) is 28.6 Å². The van der Waals surface area contributed by atoms with Gasteiger partial charge in [0.05, 0.1) is 13.2 Å². The molecule has 18 nitrogen and oxygen atoms in total. The molecule has 0 spiro atoms. The molecule has 0 aliphatic heterocycles. The SMILES string of the molecule is CC(O)C(=O)O.O/C=C(/O)CO.O=C(CO)C(O)C(O)C(O)CO.O=CC(O)CO.O=Cc1ccc(CO)o1. The molecule has 0 bridgehead atoms. The second-order valence-corrected chi connectivity index (χ2v) is 6.57. The van der Waals surface area contributed by atoms with Crippen molar-refractivity contribution in [3.8, 4) is 0 Å². The highest BCUT2D eigenvalue weighted by Crippen LogP contribution is 2.04. The molecule has 1 heterocycles. The molecule has 18 heteroatoms. The zero-order chi connectivity index (χ0) is 31.6. The van der Waals surface area contributed by atoms with E-state index in [9.17, 15) is 19.2 Å². The lowest BCUT2D eigenvalue weighted by molar-refractivity contribution is -0.145. The van der Waals surface area contributed by atoms with Crippen LogP contribution < -0.4 is 0 Å². The number of aliphatic hydroxyl groups excluding tert-OH is 12. The molecule has 1 rings (SSSR count). The number of Topliss-reactive ketones (excluding diaryl/α,β-unsaturated/α-hetero) is 1. The van der Waals surface area contributed by atoms with Gasteiger partial charge >= 0.3 is 5.97 Å². The molecule has 0 amide bonds. The van der Waals surface area contributed by atoms with Gasteiger partial charge in [-0.1, -0.05) is 0 Å². The van der Waals surface area contributed by atoms with Crippen molar-refractivity contribution >= 4 is 24.3 Å². The van der Waals surface area contributed by atoms with Gasteiger partial charge < -0.3 is 75.6 Å². The second kappa shape index (κ2) is 27.7. The first kappa shape index (κ1) is 42.8. The summed E-state index contributed by atoms with van der Waals surface area (Å²) in [4.78, 5) is 39.3. The van der Waals surface area contributed by atoms with Gasteiger partial charge in [0, 0.05) is 0 Å². The molecular weight excluding hydrogens is 540 g/mol. The third-order valence-electron chi connectivity index (χ3n) is 3.36. The third-order valence-corrected chi connectivity index (χ3v) is 3.36. The van der Waals surface area contributed by atoms with E-state index in [4.69, 9.17) is 70.8 Å². The van der Waals surface area contributed by atoms with Crippen molar-refractivity contribution in [3.63, 3.8) is 0 Å². The molecule has 1 aromatic rings. The summed E-state index contributed by atoms with van der Waals surface area (Å²) in [6.07, 6.45) is -6.32. The van der Waals surface area contributed by atoms with E-state index in [-0.39, 0.29) is 18.7 Å². The monoisotopic (exact) mass is 576 g/mol. The van der Waals surface area contributed by atoms with E-state index in [1.54, 1.807) is 6.07 Å². The number of carboxylic acid groups (broad SMARTS) is 1. The fourth-order valence-electron chi connectivity index (χ4n) is 1.23. The number of carbonyl (C=O) groups excluding carboxylic acids is 3. The van der Waals surface area contributed by atoms with E-state index < -0.39 is 74.5 Å². The lowest BCUT2D eigenvalue weighted by Crippen LogP contribution is -2.44. The Kier molecular flexibility index (Phi) is 30.4. The standard InChI is InChI=1S/C6H12O6.C6H6O3.3C3H6O3/c7-1-3(9)5(11)6(12)4(10)2-8;7-3-5-1-2-6(4-8)9-5;2*4-1-3(6)2-5;1-2(4)3(5)6/h3,5-9,11-12H,1-2H2;1-3,8H,4H2;1,4-6H,2H2;1,3,5-6H,2H2;2,4H,1H3,(H,5,6)/b;;3-1+;;. The van der Waals surface area contributed by atoms with Crippen molar-refractivity contribution in [2.45, 2.75) is 44.1 Å². The molecule has 0 aliphatic carbocycles. The summed E-state index contributed by atoms with van der Waals surface area (Å²) in [5.41, 5.74) is 0. The number of aliphatic hydroxyl groups is 12. The molecular formula is C21H36O18. The lowest BCUT2D eigenvalue weighted by atomic mass is 10.1. The van der Waals surface area contributed by atoms with Crippen LogP contribution in [0.1, 0.15) is 23.2 Å². The molecule has 0 radical (unpaired) electrons. The zero-order valence-corrected chi connectivity index (χ0v) is 20.7. The van der Waals surface area contributed by atoms with E-state index >= 15 is 0 Å². The van der Waals surface area contributed by atoms with Crippen LogP contribution in [0.3, 0.4) is 0 Å². The number of carbonyl (C=O) groups is 4. The average Bonchev–Trinajstić information content (AvgIpc) is 3.44. The normalized spacial score (nSPS) is 13.9. The molecule has 5 unspecified atom stereocenters. The third kappa shape index (κ3) is 26.1. The smallest absolute Gasteiger partial charge is 0.332 e. The van der Waals surface area contributed by atoms with E-state index in [1.165, 1.54) is 13.0 Å². The quantitative estimate of drug-likeness (QED) is 0.0866. The number of hydrogen-bond acceptors (Lipinski definition) is 17. The van der Waals surface area contributed by atoms with E-state index in [2.05, 4.69) is 0 Å². The van der Waals surface area contributed by atoms with Crippen LogP contribution in [0.4, 0.5) is 0 Å². The largest absolute Gasteiger partial charge is 0.512 e. The van der Waals surface area contributed by atoms with Crippen LogP contribution in [0.5, 0.6) is 0 Å². The molecule has 0 saturated heterocycles. The Morgan fingerprint density at radius 3 is 1.59 bits per heavy atom. The number of ketones is 1. The maximum absolute atomic E-state index is 10.5. The zero-order valence-electron chi connectivity index (χ0n) is 20.7. The molecule has 0 saturated carbocycles. The highest BCUT2D eigenvalue weighted by molar-refractivity contribution is 5.84. The molecule has 1 aromatic heterocycles. The minimum atomic E-state index is -1.86. The minimum absolute atomic E-state index is 0.159. The van der Waals surface area contributed by atoms with E-state index in [0.29, 0.717) is 18.3 Å². The second-order valence-electron chi connectivity index (χ2n) is 6.57. The molecule has 13 N–H and O–H groups in total. The van der Waals surface area contributed by atoms with E-state index in [1.807, 2.05) is 0 Å². The predicted molar refractivity (Wildman–Crippen MR) is 126 cm³/mol. The molecule has 0 aromatic carbocycles. The van der Waals surface area contributed by atoms with Gasteiger partial charge in [-0.2, -0.15) is 0 Å². The van der Waals surface area contributed by atoms with Crippen molar-refractivity contribution < 1.29 is 90.0 Å². The number of rotatable bonds is 11. The molecule has 0 aliphatic rings. The van der Waals surface area contributed by atoms with Gasteiger partial charge in [-0.3, -0.25) is 9.59 Å². The summed E-state index contributed by atoms with van der Waals surface area (Å²) < 4.78 is 4.76. The van der Waals surface area contributed by atoms with Crippen molar-refractivity contribution in [1.29, 1.82) is 0 Å². The Morgan fingerprint density at radius 2 is 1.41 bits per heavy atom. The van der Waals surface area contributed by atoms with Crippen LogP contribution >= 0.6 is 0 Å². The summed E-state index contributed by atoms with van der Waals surface area (Å²) in [5, 5.41) is 107. The van der Waals surface area contributed by atoms with Crippen LogP contribution in [-0.4, -0.2) is 148 Å². The number of aldehydes is 2. The van der Waals surface area contributed by atoms with Crippen molar-refractivity contribution in [2.24, 2.45) is 0 Å². The van der Waals surface area contributed by atoms with Gasteiger partial charge in [-0.15, -0.1) is 0 Å². The minimum Gasteiger partial charge on any atom is -0.512 e. The van der Waals surface area contributed by atoms with Crippen molar-refractivity contribution in [1.82, 2.24) is 0 Å². The maximum Gasteiger partial charge on any atom is 0.332 e. The van der Waals surface area contributed by atoms with Crippen molar-refractivity contribution in [3.05, 3.63) is 35.7 Å². The first-order valence-electron chi connectivity index (χ1n) is 10.4. The molecule has 228 valence electrons. The van der Waals surface area contributed by atoms with Crippen LogP contribution in [0.2, 0.25) is 0 Å². The highest BCUT2D eigenvalue weighted by atomic mass is 16.4.